The number of anilines is 1. The summed E-state index contributed by atoms with van der Waals surface area (Å²) in [6.07, 6.45) is 6.28. The van der Waals surface area contributed by atoms with Crippen LogP contribution in [0.2, 0.25) is 5.02 Å². The maximum absolute atomic E-state index is 14.5. The van der Waals surface area contributed by atoms with E-state index in [2.05, 4.69) is 30.2 Å². The molecule has 43 heavy (non-hydrogen) atoms. The van der Waals surface area contributed by atoms with Crippen LogP contribution in [0.15, 0.2) is 89.1 Å². The molecule has 4 heterocycles. The SMILES string of the molecule is COC(C)(C)c1ncc(-c2cccc3c(Cl)c([C@H](C)Nc4ncnc5[nH]ccc(=O)c45)n(-c4ccccc4)c(=O)c23)cn1. The van der Waals surface area contributed by atoms with Gasteiger partial charge in [0.05, 0.1) is 22.1 Å². The first-order valence-corrected chi connectivity index (χ1v) is 14.0. The Labute approximate surface area is 251 Å². The number of benzene rings is 2. The van der Waals surface area contributed by atoms with Crippen molar-refractivity contribution in [1.82, 2.24) is 29.5 Å². The summed E-state index contributed by atoms with van der Waals surface area (Å²) < 4.78 is 7.12. The van der Waals surface area contributed by atoms with Crippen LogP contribution in [0.1, 0.15) is 38.3 Å². The van der Waals surface area contributed by atoms with E-state index < -0.39 is 11.6 Å². The zero-order valence-corrected chi connectivity index (χ0v) is 24.7. The third-order valence-electron chi connectivity index (χ3n) is 7.52. The van der Waals surface area contributed by atoms with Crippen LogP contribution in [-0.4, -0.2) is 36.6 Å². The molecular formula is C32H28ClN7O3. The Morgan fingerprint density at radius 1 is 0.953 bits per heavy atom. The molecule has 1 atom stereocenters. The van der Waals surface area contributed by atoms with Gasteiger partial charge in [-0.1, -0.05) is 48.0 Å². The fraction of sp³-hybridized carbons (Fsp3) is 0.188. The third kappa shape index (κ3) is 4.94. The summed E-state index contributed by atoms with van der Waals surface area (Å²) in [6.45, 7) is 5.63. The van der Waals surface area contributed by atoms with Crippen molar-refractivity contribution in [2.75, 3.05) is 12.4 Å². The van der Waals surface area contributed by atoms with E-state index in [0.29, 0.717) is 61.0 Å². The molecule has 0 unspecified atom stereocenters. The predicted octanol–water partition coefficient (Wildman–Crippen LogP) is 5.79. The highest BCUT2D eigenvalue weighted by Gasteiger charge is 2.26. The van der Waals surface area contributed by atoms with E-state index in [1.54, 1.807) is 24.1 Å². The lowest BCUT2D eigenvalue weighted by Crippen LogP contribution is -2.27. The Kier molecular flexibility index (Phi) is 7.25. The molecule has 2 N–H and O–H groups in total. The Morgan fingerprint density at radius 3 is 2.42 bits per heavy atom. The quantitative estimate of drug-likeness (QED) is 0.238. The number of aromatic amines is 1. The summed E-state index contributed by atoms with van der Waals surface area (Å²) in [5, 5.41) is 5.00. The second-order valence-electron chi connectivity index (χ2n) is 10.6. The van der Waals surface area contributed by atoms with E-state index in [9.17, 15) is 9.59 Å². The third-order valence-corrected chi connectivity index (χ3v) is 7.92. The van der Waals surface area contributed by atoms with Crippen molar-refractivity contribution in [2.45, 2.75) is 32.4 Å². The molecule has 6 rings (SSSR count). The van der Waals surface area contributed by atoms with E-state index in [-0.39, 0.29) is 11.0 Å². The summed E-state index contributed by atoms with van der Waals surface area (Å²) in [7, 11) is 1.61. The van der Waals surface area contributed by atoms with Crippen LogP contribution in [0.25, 0.3) is 38.6 Å². The molecule has 10 nitrogen and oxygen atoms in total. The first-order chi connectivity index (χ1) is 20.7. The van der Waals surface area contributed by atoms with Crippen LogP contribution in [-0.2, 0) is 10.3 Å². The Bertz CT molecular complexity index is 2090. The minimum Gasteiger partial charge on any atom is -0.371 e. The average Bonchev–Trinajstić information content (AvgIpc) is 3.03. The zero-order valence-electron chi connectivity index (χ0n) is 23.9. The molecule has 0 fully saturated rings. The number of para-hydroxylation sites is 1. The van der Waals surface area contributed by atoms with Gasteiger partial charge in [0.15, 0.2) is 11.3 Å². The van der Waals surface area contributed by atoms with Gasteiger partial charge in [0.25, 0.3) is 5.56 Å². The first-order valence-electron chi connectivity index (χ1n) is 13.6. The van der Waals surface area contributed by atoms with Gasteiger partial charge < -0.3 is 15.0 Å². The summed E-state index contributed by atoms with van der Waals surface area (Å²) in [5.74, 6) is 0.851. The minimum atomic E-state index is -0.668. The van der Waals surface area contributed by atoms with Crippen molar-refractivity contribution in [3.8, 4) is 16.8 Å². The highest BCUT2D eigenvalue weighted by Crippen LogP contribution is 2.36. The number of nitrogens with one attached hydrogen (secondary N) is 2. The normalized spacial score (nSPS) is 12.5. The number of pyridine rings is 2. The second kappa shape index (κ2) is 11.0. The number of H-pyrrole nitrogens is 1. The minimum absolute atomic E-state index is 0.235. The maximum Gasteiger partial charge on any atom is 0.263 e. The number of nitrogens with zero attached hydrogens (tertiary/aromatic N) is 5. The zero-order chi connectivity index (χ0) is 30.3. The highest BCUT2D eigenvalue weighted by molar-refractivity contribution is 6.36. The van der Waals surface area contributed by atoms with Crippen LogP contribution in [0.5, 0.6) is 0 Å². The lowest BCUT2D eigenvalue weighted by molar-refractivity contribution is 0.0115. The van der Waals surface area contributed by atoms with Gasteiger partial charge in [-0.15, -0.1) is 0 Å². The van der Waals surface area contributed by atoms with E-state index in [1.165, 1.54) is 18.6 Å². The molecule has 0 aliphatic rings. The fourth-order valence-electron chi connectivity index (χ4n) is 5.14. The van der Waals surface area contributed by atoms with Crippen LogP contribution in [0, 0.1) is 0 Å². The van der Waals surface area contributed by atoms with E-state index in [4.69, 9.17) is 16.3 Å². The topological polar surface area (TPSA) is 128 Å². The maximum atomic E-state index is 14.5. The standard InChI is InChI=1S/C32H28ClN7O3/c1-18(39-29-25-23(41)13-14-34-28(25)37-17-38-29)27-26(33)22-12-8-11-21(19-15-35-31(36-16-19)32(2,3)43-4)24(22)30(42)40(27)20-9-6-5-7-10-20/h5-18H,1-4H3,(H2,34,37,38,39,41)/t18-/m0/s1. The molecule has 216 valence electrons. The van der Waals surface area contributed by atoms with E-state index in [1.807, 2.05) is 69.3 Å². The van der Waals surface area contributed by atoms with Gasteiger partial charge in [0.2, 0.25) is 0 Å². The Morgan fingerprint density at radius 2 is 1.70 bits per heavy atom. The first kappa shape index (κ1) is 28.2. The molecule has 6 aromatic rings. The van der Waals surface area contributed by atoms with Crippen molar-refractivity contribution >= 4 is 39.2 Å². The molecule has 11 heteroatoms. The summed E-state index contributed by atoms with van der Waals surface area (Å²) in [5.41, 5.74) is 1.68. The largest absolute Gasteiger partial charge is 0.371 e. The average molecular weight is 594 g/mol. The van der Waals surface area contributed by atoms with Gasteiger partial charge in [-0.2, -0.15) is 0 Å². The molecule has 0 spiro atoms. The van der Waals surface area contributed by atoms with Gasteiger partial charge in [-0.05, 0) is 38.5 Å². The van der Waals surface area contributed by atoms with Gasteiger partial charge >= 0.3 is 0 Å². The second-order valence-corrected chi connectivity index (χ2v) is 10.9. The lowest BCUT2D eigenvalue weighted by Gasteiger charge is -2.24. The van der Waals surface area contributed by atoms with Gasteiger partial charge in [0, 0.05) is 48.4 Å². The monoisotopic (exact) mass is 593 g/mol. The van der Waals surface area contributed by atoms with Crippen molar-refractivity contribution in [2.24, 2.45) is 0 Å². The number of ether oxygens (including phenoxy) is 1. The summed E-state index contributed by atoms with van der Waals surface area (Å²) in [4.78, 5) is 47.8. The summed E-state index contributed by atoms with van der Waals surface area (Å²) >= 11 is 7.19. The van der Waals surface area contributed by atoms with Crippen LogP contribution in [0.3, 0.4) is 0 Å². The smallest absolute Gasteiger partial charge is 0.263 e. The molecule has 0 saturated heterocycles. The summed E-state index contributed by atoms with van der Waals surface area (Å²) in [6, 6.07) is 15.7. The number of rotatable bonds is 7. The number of hydrogen-bond acceptors (Lipinski definition) is 8. The molecule has 2 aromatic carbocycles. The number of methoxy groups -OCH3 is 1. The van der Waals surface area contributed by atoms with E-state index in [0.717, 1.165) is 0 Å². The molecule has 0 aliphatic carbocycles. The molecular weight excluding hydrogens is 566 g/mol. The van der Waals surface area contributed by atoms with Crippen molar-refractivity contribution in [3.05, 3.63) is 117 Å². The van der Waals surface area contributed by atoms with Crippen molar-refractivity contribution in [3.63, 3.8) is 0 Å². The molecule has 0 bridgehead atoms. The lowest BCUT2D eigenvalue weighted by atomic mass is 9.99. The molecule has 4 aromatic heterocycles. The highest BCUT2D eigenvalue weighted by atomic mass is 35.5. The number of fused-ring (bicyclic) bond motifs is 2. The van der Waals surface area contributed by atoms with Gasteiger partial charge in [-0.25, -0.2) is 19.9 Å². The van der Waals surface area contributed by atoms with Crippen LogP contribution < -0.4 is 16.3 Å². The van der Waals surface area contributed by atoms with Crippen molar-refractivity contribution in [1.29, 1.82) is 0 Å². The molecule has 0 aliphatic heterocycles. The van der Waals surface area contributed by atoms with Gasteiger partial charge in [0.1, 0.15) is 28.8 Å². The molecule has 0 radical (unpaired) electrons. The number of hydrogen-bond donors (Lipinski definition) is 2. The molecule has 0 saturated carbocycles. The fourth-order valence-corrected chi connectivity index (χ4v) is 5.55. The Balaban J connectivity index is 1.57. The van der Waals surface area contributed by atoms with Gasteiger partial charge in [-0.3, -0.25) is 14.2 Å². The van der Waals surface area contributed by atoms with Crippen molar-refractivity contribution < 1.29 is 4.74 Å². The number of halogens is 1. The van der Waals surface area contributed by atoms with Crippen LogP contribution in [0.4, 0.5) is 5.82 Å². The Hall–Kier alpha value is -4.93. The van der Waals surface area contributed by atoms with E-state index >= 15 is 0 Å². The van der Waals surface area contributed by atoms with Crippen LogP contribution >= 0.6 is 11.6 Å². The molecule has 0 amide bonds. The number of aromatic nitrogens is 6. The predicted molar refractivity (Wildman–Crippen MR) is 168 cm³/mol.